The number of hydrogen-bond acceptors (Lipinski definition) is 3. The Kier molecular flexibility index (Phi) is 3.04. The molecule has 2 aromatic carbocycles. The number of nitrogens with one attached hydrogen (secondary N) is 1. The van der Waals surface area contributed by atoms with E-state index in [2.05, 4.69) is 27.6 Å². The van der Waals surface area contributed by atoms with Crippen LogP contribution in [-0.4, -0.2) is 21.5 Å². The second-order valence-corrected chi connectivity index (χ2v) is 5.93. The Morgan fingerprint density at radius 1 is 1.05 bits per heavy atom. The molecule has 0 saturated heterocycles. The number of benzene rings is 2. The number of nitrogens with zero attached hydrogens (tertiary/aromatic N) is 3. The molecule has 1 aromatic heterocycles. The lowest BCUT2D eigenvalue weighted by Gasteiger charge is -2.03. The largest absolute Gasteiger partial charge is 0.385 e. The molecule has 1 N–H and O–H groups in total. The highest BCUT2D eigenvalue weighted by Gasteiger charge is 2.20. The molecule has 21 heavy (non-hydrogen) atoms. The van der Waals surface area contributed by atoms with Gasteiger partial charge in [-0.1, -0.05) is 11.6 Å². The predicted octanol–water partition coefficient (Wildman–Crippen LogP) is 3.90. The van der Waals surface area contributed by atoms with Crippen LogP contribution in [0.15, 0.2) is 42.5 Å². The predicted molar refractivity (Wildman–Crippen MR) is 85.1 cm³/mol. The molecule has 1 fully saturated rings. The summed E-state index contributed by atoms with van der Waals surface area (Å²) >= 11 is 5.91. The fraction of sp³-hybridized carbons (Fsp3) is 0.250. The fourth-order valence-corrected chi connectivity index (χ4v) is 2.42. The highest BCUT2D eigenvalue weighted by molar-refractivity contribution is 6.30. The Balaban J connectivity index is 1.63. The molecule has 4 nitrogen and oxygen atoms in total. The number of hydrogen-bond donors (Lipinski definition) is 1. The minimum atomic E-state index is 0.710. The van der Waals surface area contributed by atoms with Gasteiger partial charge in [-0.25, -0.2) is 0 Å². The van der Waals surface area contributed by atoms with Crippen LogP contribution in [-0.2, 0) is 0 Å². The lowest BCUT2D eigenvalue weighted by molar-refractivity contribution is 0.766. The van der Waals surface area contributed by atoms with Crippen molar-refractivity contribution in [2.75, 3.05) is 11.9 Å². The number of rotatable bonds is 4. The van der Waals surface area contributed by atoms with Gasteiger partial charge < -0.3 is 5.32 Å². The van der Waals surface area contributed by atoms with Gasteiger partial charge in [0.25, 0.3) is 0 Å². The molecule has 0 amide bonds. The molecule has 1 saturated carbocycles. The molecular weight excluding hydrogens is 284 g/mol. The molecule has 1 heterocycles. The van der Waals surface area contributed by atoms with Crippen molar-refractivity contribution >= 4 is 28.3 Å². The summed E-state index contributed by atoms with van der Waals surface area (Å²) in [5.41, 5.74) is 3.80. The molecular formula is C16H15ClN4. The van der Waals surface area contributed by atoms with E-state index >= 15 is 0 Å². The van der Waals surface area contributed by atoms with Gasteiger partial charge in [0.2, 0.25) is 0 Å². The number of aromatic nitrogens is 3. The first kappa shape index (κ1) is 12.7. The summed E-state index contributed by atoms with van der Waals surface area (Å²) in [7, 11) is 0. The molecule has 3 aromatic rings. The first-order valence-corrected chi connectivity index (χ1v) is 7.53. The van der Waals surface area contributed by atoms with Gasteiger partial charge in [-0.15, -0.1) is 10.2 Å². The minimum absolute atomic E-state index is 0.710. The zero-order valence-electron chi connectivity index (χ0n) is 11.5. The standard InChI is InChI=1S/C16H15ClN4/c17-12-3-6-14(7-4-12)21-19-15-8-5-13(9-16(15)20-21)18-10-11-1-2-11/h3-9,11,18H,1-2,10H2. The lowest BCUT2D eigenvalue weighted by Crippen LogP contribution is -2.02. The number of anilines is 1. The van der Waals surface area contributed by atoms with Gasteiger partial charge in [0.15, 0.2) is 0 Å². The minimum Gasteiger partial charge on any atom is -0.385 e. The third kappa shape index (κ3) is 2.72. The average molecular weight is 299 g/mol. The van der Waals surface area contributed by atoms with E-state index < -0.39 is 0 Å². The molecule has 0 bridgehead atoms. The summed E-state index contributed by atoms with van der Waals surface area (Å²) in [6.07, 6.45) is 2.70. The summed E-state index contributed by atoms with van der Waals surface area (Å²) in [5, 5.41) is 13.2. The highest BCUT2D eigenvalue weighted by Crippen LogP contribution is 2.29. The Bertz CT molecular complexity index is 775. The van der Waals surface area contributed by atoms with E-state index in [-0.39, 0.29) is 0 Å². The monoisotopic (exact) mass is 298 g/mol. The van der Waals surface area contributed by atoms with Crippen molar-refractivity contribution in [1.29, 1.82) is 0 Å². The first-order valence-electron chi connectivity index (χ1n) is 7.15. The summed E-state index contributed by atoms with van der Waals surface area (Å²) in [4.78, 5) is 1.64. The third-order valence-electron chi connectivity index (χ3n) is 3.73. The molecule has 0 unspecified atom stereocenters. The Morgan fingerprint density at radius 3 is 2.57 bits per heavy atom. The normalized spacial score (nSPS) is 14.5. The van der Waals surface area contributed by atoms with Crippen molar-refractivity contribution in [3.63, 3.8) is 0 Å². The molecule has 1 aliphatic rings. The van der Waals surface area contributed by atoms with E-state index in [1.54, 1.807) is 4.80 Å². The molecule has 106 valence electrons. The molecule has 0 radical (unpaired) electrons. The highest BCUT2D eigenvalue weighted by atomic mass is 35.5. The molecule has 5 heteroatoms. The van der Waals surface area contributed by atoms with Crippen molar-refractivity contribution in [1.82, 2.24) is 15.0 Å². The van der Waals surface area contributed by atoms with Crippen LogP contribution in [0.4, 0.5) is 5.69 Å². The molecule has 0 aliphatic heterocycles. The molecule has 4 rings (SSSR count). The van der Waals surface area contributed by atoms with Gasteiger partial charge in [0.05, 0.1) is 5.69 Å². The van der Waals surface area contributed by atoms with Gasteiger partial charge in [-0.05, 0) is 61.2 Å². The Morgan fingerprint density at radius 2 is 1.81 bits per heavy atom. The van der Waals surface area contributed by atoms with Crippen molar-refractivity contribution in [3.8, 4) is 5.69 Å². The molecule has 0 atom stereocenters. The van der Waals surface area contributed by atoms with E-state index in [0.717, 1.165) is 34.9 Å². The average Bonchev–Trinajstić information content (AvgIpc) is 3.23. The summed E-state index contributed by atoms with van der Waals surface area (Å²) in [5.74, 6) is 0.852. The van der Waals surface area contributed by atoms with Crippen molar-refractivity contribution < 1.29 is 0 Å². The second kappa shape index (κ2) is 5.04. The van der Waals surface area contributed by atoms with Crippen LogP contribution in [0, 0.1) is 5.92 Å². The van der Waals surface area contributed by atoms with Crippen LogP contribution in [0.3, 0.4) is 0 Å². The fourth-order valence-electron chi connectivity index (χ4n) is 2.30. The van der Waals surface area contributed by atoms with Crippen molar-refractivity contribution in [2.45, 2.75) is 12.8 Å². The van der Waals surface area contributed by atoms with Crippen LogP contribution in [0.1, 0.15) is 12.8 Å². The first-order chi connectivity index (χ1) is 10.3. The zero-order chi connectivity index (χ0) is 14.2. The Labute approximate surface area is 127 Å². The van der Waals surface area contributed by atoms with Crippen LogP contribution < -0.4 is 5.32 Å². The maximum absolute atomic E-state index is 5.91. The molecule has 0 spiro atoms. The third-order valence-corrected chi connectivity index (χ3v) is 3.98. The number of fused-ring (bicyclic) bond motifs is 1. The summed E-state index contributed by atoms with van der Waals surface area (Å²) in [6.45, 7) is 1.05. The van der Waals surface area contributed by atoms with E-state index in [9.17, 15) is 0 Å². The second-order valence-electron chi connectivity index (χ2n) is 5.49. The molecule has 1 aliphatic carbocycles. The lowest BCUT2D eigenvalue weighted by atomic mass is 10.2. The maximum atomic E-state index is 5.91. The van der Waals surface area contributed by atoms with Gasteiger partial charge in [0, 0.05) is 17.3 Å². The zero-order valence-corrected chi connectivity index (χ0v) is 12.2. The SMILES string of the molecule is Clc1ccc(-n2nc3ccc(NCC4CC4)cc3n2)cc1. The smallest absolute Gasteiger partial charge is 0.115 e. The summed E-state index contributed by atoms with van der Waals surface area (Å²) in [6, 6.07) is 13.6. The Hall–Kier alpha value is -2.07. The topological polar surface area (TPSA) is 42.7 Å². The van der Waals surface area contributed by atoms with E-state index in [1.165, 1.54) is 12.8 Å². The van der Waals surface area contributed by atoms with E-state index in [1.807, 2.05) is 30.3 Å². The van der Waals surface area contributed by atoms with Gasteiger partial charge in [-0.3, -0.25) is 0 Å². The van der Waals surface area contributed by atoms with Gasteiger partial charge in [-0.2, -0.15) is 4.80 Å². The van der Waals surface area contributed by atoms with Crippen LogP contribution in [0.5, 0.6) is 0 Å². The maximum Gasteiger partial charge on any atom is 0.115 e. The summed E-state index contributed by atoms with van der Waals surface area (Å²) < 4.78 is 0. The van der Waals surface area contributed by atoms with Gasteiger partial charge in [0.1, 0.15) is 11.0 Å². The van der Waals surface area contributed by atoms with Crippen molar-refractivity contribution in [2.24, 2.45) is 5.92 Å². The number of halogens is 1. The van der Waals surface area contributed by atoms with Gasteiger partial charge >= 0.3 is 0 Å². The quantitative estimate of drug-likeness (QED) is 0.794. The van der Waals surface area contributed by atoms with Crippen LogP contribution in [0.25, 0.3) is 16.7 Å². The van der Waals surface area contributed by atoms with E-state index in [4.69, 9.17) is 11.6 Å². The van der Waals surface area contributed by atoms with Crippen LogP contribution >= 0.6 is 11.6 Å². The van der Waals surface area contributed by atoms with Crippen LogP contribution in [0.2, 0.25) is 5.02 Å². The van der Waals surface area contributed by atoms with E-state index in [0.29, 0.717) is 5.02 Å². The van der Waals surface area contributed by atoms with Crippen molar-refractivity contribution in [3.05, 3.63) is 47.5 Å².